The minimum Gasteiger partial charge on any atom is -0.464 e. The Morgan fingerprint density at radius 1 is 1.24 bits per heavy atom. The second kappa shape index (κ2) is 4.63. The summed E-state index contributed by atoms with van der Waals surface area (Å²) in [7, 11) is -3.44. The molecule has 0 fully saturated rings. The number of furan rings is 1. The second-order valence-corrected chi connectivity index (χ2v) is 6.89. The Labute approximate surface area is 123 Å². The van der Waals surface area contributed by atoms with Crippen LogP contribution in [0.3, 0.4) is 0 Å². The van der Waals surface area contributed by atoms with Crippen molar-refractivity contribution in [2.75, 3.05) is 6.26 Å². The van der Waals surface area contributed by atoms with Crippen molar-refractivity contribution in [1.82, 2.24) is 3.97 Å². The molecule has 2 heterocycles. The number of allylic oxidation sites excluding steroid dienone is 1. The van der Waals surface area contributed by atoms with E-state index in [1.165, 1.54) is 10.2 Å². The number of fused-ring (bicyclic) bond motifs is 1. The van der Waals surface area contributed by atoms with Crippen LogP contribution in [-0.4, -0.2) is 18.6 Å². The summed E-state index contributed by atoms with van der Waals surface area (Å²) in [4.78, 5) is 0. The van der Waals surface area contributed by atoms with Gasteiger partial charge in [0.15, 0.2) is 0 Å². The second-order valence-electron chi connectivity index (χ2n) is 5.06. The maximum absolute atomic E-state index is 12.2. The number of rotatable bonds is 3. The van der Waals surface area contributed by atoms with Gasteiger partial charge in [0.1, 0.15) is 5.76 Å². The third-order valence-electron chi connectivity index (χ3n) is 3.33. The zero-order valence-electron chi connectivity index (χ0n) is 11.8. The summed E-state index contributed by atoms with van der Waals surface area (Å²) in [5.74, 6) is 0.600. The van der Waals surface area contributed by atoms with Gasteiger partial charge in [0.2, 0.25) is 10.0 Å². The van der Waals surface area contributed by atoms with Crippen molar-refractivity contribution in [3.63, 3.8) is 0 Å². The van der Waals surface area contributed by atoms with Gasteiger partial charge in [-0.1, -0.05) is 24.8 Å². The highest BCUT2D eigenvalue weighted by atomic mass is 32.2. The van der Waals surface area contributed by atoms with Crippen molar-refractivity contribution in [1.29, 1.82) is 0 Å². The van der Waals surface area contributed by atoms with E-state index >= 15 is 0 Å². The third kappa shape index (κ3) is 2.19. The van der Waals surface area contributed by atoms with Crippen molar-refractivity contribution in [2.24, 2.45) is 0 Å². The minimum atomic E-state index is -3.44. The molecule has 0 spiro atoms. The van der Waals surface area contributed by atoms with E-state index in [1.807, 2.05) is 31.2 Å². The van der Waals surface area contributed by atoms with Crippen LogP contribution >= 0.6 is 0 Å². The van der Waals surface area contributed by atoms with Gasteiger partial charge in [-0.05, 0) is 30.7 Å². The first-order chi connectivity index (χ1) is 9.89. The molecule has 0 radical (unpaired) electrons. The molecule has 0 atom stereocenters. The Bertz CT molecular complexity index is 945. The lowest BCUT2D eigenvalue weighted by Crippen LogP contribution is -2.11. The molecule has 0 aliphatic heterocycles. The topological polar surface area (TPSA) is 52.2 Å². The highest BCUT2D eigenvalue weighted by molar-refractivity contribution is 7.89. The molecule has 0 unspecified atom stereocenters. The van der Waals surface area contributed by atoms with Crippen molar-refractivity contribution in [3.05, 3.63) is 55.0 Å². The van der Waals surface area contributed by atoms with Crippen molar-refractivity contribution < 1.29 is 12.8 Å². The molecule has 0 aliphatic carbocycles. The lowest BCUT2D eigenvalue weighted by atomic mass is 10.1. The van der Waals surface area contributed by atoms with Crippen LogP contribution in [0.4, 0.5) is 0 Å². The summed E-state index contributed by atoms with van der Waals surface area (Å²) in [6.07, 6.45) is 2.74. The van der Waals surface area contributed by atoms with Crippen LogP contribution in [0, 0.1) is 0 Å². The highest BCUT2D eigenvalue weighted by Crippen LogP contribution is 2.34. The highest BCUT2D eigenvalue weighted by Gasteiger charge is 2.21. The molecule has 21 heavy (non-hydrogen) atoms. The average molecular weight is 301 g/mol. The van der Waals surface area contributed by atoms with Gasteiger partial charge >= 0.3 is 0 Å². The monoisotopic (exact) mass is 301 g/mol. The van der Waals surface area contributed by atoms with Crippen molar-refractivity contribution in [2.45, 2.75) is 6.92 Å². The fraction of sp³-hybridized carbons (Fsp3) is 0.125. The summed E-state index contributed by atoms with van der Waals surface area (Å²) < 4.78 is 31.2. The molecule has 4 nitrogen and oxygen atoms in total. The van der Waals surface area contributed by atoms with Crippen LogP contribution in [0.1, 0.15) is 12.7 Å². The van der Waals surface area contributed by atoms with Gasteiger partial charge in [-0.3, -0.25) is 0 Å². The van der Waals surface area contributed by atoms with Crippen LogP contribution in [0.15, 0.2) is 53.7 Å². The SMILES string of the molecule is C=C(C)c1occc1-c1cc2ccccc2n1S(C)(=O)=O. The minimum absolute atomic E-state index is 0.588. The van der Waals surface area contributed by atoms with Crippen LogP contribution in [0.2, 0.25) is 0 Å². The summed E-state index contributed by atoms with van der Waals surface area (Å²) in [6, 6.07) is 11.0. The van der Waals surface area contributed by atoms with Crippen LogP contribution in [-0.2, 0) is 10.0 Å². The van der Waals surface area contributed by atoms with E-state index in [1.54, 1.807) is 18.4 Å². The van der Waals surface area contributed by atoms with Crippen LogP contribution in [0.25, 0.3) is 27.7 Å². The molecule has 0 amide bonds. The average Bonchev–Trinajstić information content (AvgIpc) is 3.01. The van der Waals surface area contributed by atoms with E-state index < -0.39 is 10.0 Å². The van der Waals surface area contributed by atoms with Gasteiger partial charge in [0.25, 0.3) is 0 Å². The van der Waals surface area contributed by atoms with E-state index in [0.717, 1.165) is 16.5 Å². The van der Waals surface area contributed by atoms with Gasteiger partial charge in [-0.2, -0.15) is 0 Å². The molecule has 3 rings (SSSR count). The molecule has 1 aromatic carbocycles. The van der Waals surface area contributed by atoms with E-state index in [0.29, 0.717) is 17.0 Å². The van der Waals surface area contributed by atoms with Crippen molar-refractivity contribution >= 4 is 26.5 Å². The Morgan fingerprint density at radius 3 is 2.62 bits per heavy atom. The number of para-hydroxylation sites is 1. The number of benzene rings is 1. The van der Waals surface area contributed by atoms with Crippen molar-refractivity contribution in [3.8, 4) is 11.3 Å². The van der Waals surface area contributed by atoms with E-state index in [4.69, 9.17) is 4.42 Å². The third-order valence-corrected chi connectivity index (χ3v) is 4.38. The smallest absolute Gasteiger partial charge is 0.236 e. The zero-order valence-corrected chi connectivity index (χ0v) is 12.6. The fourth-order valence-corrected chi connectivity index (χ4v) is 3.55. The Kier molecular flexibility index (Phi) is 3.02. The van der Waals surface area contributed by atoms with Gasteiger partial charge < -0.3 is 4.42 Å². The van der Waals surface area contributed by atoms with Gasteiger partial charge in [0, 0.05) is 10.9 Å². The largest absolute Gasteiger partial charge is 0.464 e. The molecule has 0 saturated heterocycles. The molecule has 0 aliphatic rings. The maximum atomic E-state index is 12.2. The fourth-order valence-electron chi connectivity index (χ4n) is 2.52. The zero-order chi connectivity index (χ0) is 15.2. The summed E-state index contributed by atoms with van der Waals surface area (Å²) in [5.41, 5.74) is 2.72. The van der Waals surface area contributed by atoms with Gasteiger partial charge in [-0.15, -0.1) is 0 Å². The molecule has 2 aromatic heterocycles. The molecular weight excluding hydrogens is 286 g/mol. The standard InChI is InChI=1S/C16H15NO3S/c1-11(2)16-13(8-9-20-16)15-10-12-6-4-5-7-14(12)17(15)21(3,18)19/h4-10H,1H2,2-3H3. The molecular formula is C16H15NO3S. The molecule has 0 N–H and O–H groups in total. The van der Waals surface area contributed by atoms with Gasteiger partial charge in [-0.25, -0.2) is 12.4 Å². The first-order valence-electron chi connectivity index (χ1n) is 6.44. The first kappa shape index (κ1) is 13.7. The quantitative estimate of drug-likeness (QED) is 0.740. The summed E-state index contributed by atoms with van der Waals surface area (Å²) >= 11 is 0. The van der Waals surface area contributed by atoms with E-state index in [-0.39, 0.29) is 0 Å². The lowest BCUT2D eigenvalue weighted by molar-refractivity contribution is 0.553. The first-order valence-corrected chi connectivity index (χ1v) is 8.29. The Balaban J connectivity index is 2.43. The van der Waals surface area contributed by atoms with E-state index in [9.17, 15) is 8.42 Å². The molecule has 0 bridgehead atoms. The Hall–Kier alpha value is -2.27. The lowest BCUT2D eigenvalue weighted by Gasteiger charge is -2.08. The normalized spacial score (nSPS) is 11.9. The predicted octanol–water partition coefficient (Wildman–Crippen LogP) is 3.74. The number of aromatic nitrogens is 1. The summed E-state index contributed by atoms with van der Waals surface area (Å²) in [6.45, 7) is 5.71. The number of hydrogen-bond donors (Lipinski definition) is 0. The maximum Gasteiger partial charge on any atom is 0.236 e. The molecule has 5 heteroatoms. The Morgan fingerprint density at radius 2 is 1.95 bits per heavy atom. The predicted molar refractivity (Wildman–Crippen MR) is 84.6 cm³/mol. The summed E-state index contributed by atoms with van der Waals surface area (Å²) in [5, 5.41) is 0.867. The molecule has 108 valence electrons. The molecule has 3 aromatic rings. The van der Waals surface area contributed by atoms with Crippen LogP contribution < -0.4 is 0 Å². The van der Waals surface area contributed by atoms with Gasteiger partial charge in [0.05, 0.1) is 23.7 Å². The number of hydrogen-bond acceptors (Lipinski definition) is 3. The van der Waals surface area contributed by atoms with Crippen LogP contribution in [0.5, 0.6) is 0 Å². The van der Waals surface area contributed by atoms with E-state index in [2.05, 4.69) is 6.58 Å². The number of nitrogens with zero attached hydrogens (tertiary/aromatic N) is 1. The molecule has 0 saturated carbocycles.